The molecule has 1 aliphatic rings. The maximum Gasteiger partial charge on any atom is 0.0369 e. The predicted octanol–water partition coefficient (Wildman–Crippen LogP) is 2.78. The summed E-state index contributed by atoms with van der Waals surface area (Å²) in [4.78, 5) is 2.47. The Balaban J connectivity index is 2.12. The number of hydrogen-bond acceptors (Lipinski definition) is 2. The fourth-order valence-electron chi connectivity index (χ4n) is 1.86. The minimum Gasteiger partial charge on any atom is -0.369 e. The topological polar surface area (TPSA) is 6.48 Å². The van der Waals surface area contributed by atoms with Crippen molar-refractivity contribution in [2.45, 2.75) is 13.8 Å². The lowest BCUT2D eigenvalue weighted by Crippen LogP contribution is -2.42. The van der Waals surface area contributed by atoms with E-state index < -0.39 is 0 Å². The summed E-state index contributed by atoms with van der Waals surface area (Å²) in [5, 5.41) is 0. The van der Waals surface area contributed by atoms with Gasteiger partial charge in [0, 0.05) is 54.7 Å². The van der Waals surface area contributed by atoms with E-state index in [9.17, 15) is 0 Å². The standard InChI is InChI=1S/C12H17IN2/c1-10-3-4-12(9-11(10)2)14-5-7-15(13)8-6-14/h3-4,9H,5-8H2,1-2H3. The van der Waals surface area contributed by atoms with Gasteiger partial charge in [0.15, 0.2) is 0 Å². The van der Waals surface area contributed by atoms with Crippen molar-refractivity contribution in [2.24, 2.45) is 0 Å². The smallest absolute Gasteiger partial charge is 0.0369 e. The summed E-state index contributed by atoms with van der Waals surface area (Å²) < 4.78 is 2.36. The molecule has 0 bridgehead atoms. The fraction of sp³-hybridized carbons (Fsp3) is 0.500. The highest BCUT2D eigenvalue weighted by Crippen LogP contribution is 2.20. The van der Waals surface area contributed by atoms with Crippen molar-refractivity contribution in [3.8, 4) is 0 Å². The molecule has 0 N–H and O–H groups in total. The molecule has 0 amide bonds. The number of halogens is 1. The Labute approximate surface area is 106 Å². The highest BCUT2D eigenvalue weighted by molar-refractivity contribution is 14.1. The normalized spacial score (nSPS) is 18.2. The largest absolute Gasteiger partial charge is 0.369 e. The number of nitrogens with zero attached hydrogens (tertiary/aromatic N) is 2. The van der Waals surface area contributed by atoms with E-state index in [4.69, 9.17) is 0 Å². The molecule has 0 unspecified atom stereocenters. The maximum atomic E-state index is 2.47. The molecule has 0 radical (unpaired) electrons. The average molecular weight is 316 g/mol. The van der Waals surface area contributed by atoms with Crippen LogP contribution in [0.1, 0.15) is 11.1 Å². The van der Waals surface area contributed by atoms with Gasteiger partial charge in [0.1, 0.15) is 0 Å². The summed E-state index contributed by atoms with van der Waals surface area (Å²) in [6.45, 7) is 8.97. The van der Waals surface area contributed by atoms with Crippen LogP contribution in [0.5, 0.6) is 0 Å². The van der Waals surface area contributed by atoms with Crippen LogP contribution in [0.25, 0.3) is 0 Å². The molecule has 2 rings (SSSR count). The molecule has 1 heterocycles. The second-order valence-corrected chi connectivity index (χ2v) is 5.53. The lowest BCUT2D eigenvalue weighted by molar-refractivity contribution is 0.460. The summed E-state index contributed by atoms with van der Waals surface area (Å²) in [6.07, 6.45) is 0. The molecule has 0 atom stereocenters. The lowest BCUT2D eigenvalue weighted by atomic mass is 10.1. The van der Waals surface area contributed by atoms with Crippen LogP contribution >= 0.6 is 22.9 Å². The zero-order valence-electron chi connectivity index (χ0n) is 9.33. The Hall–Kier alpha value is -0.290. The Morgan fingerprint density at radius 2 is 1.67 bits per heavy atom. The zero-order chi connectivity index (χ0) is 10.8. The first-order valence-corrected chi connectivity index (χ1v) is 6.36. The Morgan fingerprint density at radius 3 is 2.27 bits per heavy atom. The van der Waals surface area contributed by atoms with Crippen molar-refractivity contribution in [1.29, 1.82) is 0 Å². The van der Waals surface area contributed by atoms with E-state index in [1.165, 1.54) is 16.8 Å². The van der Waals surface area contributed by atoms with E-state index in [1.807, 2.05) is 0 Å². The molecule has 3 heteroatoms. The monoisotopic (exact) mass is 316 g/mol. The first-order chi connectivity index (χ1) is 7.16. The van der Waals surface area contributed by atoms with Crippen LogP contribution in [0.15, 0.2) is 18.2 Å². The van der Waals surface area contributed by atoms with Gasteiger partial charge in [-0.1, -0.05) is 6.07 Å². The summed E-state index contributed by atoms with van der Waals surface area (Å²) >= 11 is 2.40. The van der Waals surface area contributed by atoms with Gasteiger partial charge in [-0.2, -0.15) is 0 Å². The molecule has 0 aromatic heterocycles. The third-order valence-electron chi connectivity index (χ3n) is 3.08. The Bertz CT molecular complexity index is 343. The Kier molecular flexibility index (Phi) is 3.51. The van der Waals surface area contributed by atoms with E-state index in [-0.39, 0.29) is 0 Å². The quantitative estimate of drug-likeness (QED) is 0.581. The van der Waals surface area contributed by atoms with Gasteiger partial charge in [-0.25, -0.2) is 3.11 Å². The van der Waals surface area contributed by atoms with Crippen molar-refractivity contribution >= 4 is 28.6 Å². The molecule has 1 aliphatic heterocycles. The van der Waals surface area contributed by atoms with Gasteiger partial charge < -0.3 is 4.90 Å². The molecule has 1 aromatic rings. The summed E-state index contributed by atoms with van der Waals surface area (Å²) in [5.41, 5.74) is 4.15. The van der Waals surface area contributed by atoms with E-state index in [2.05, 4.69) is 62.9 Å². The van der Waals surface area contributed by atoms with Crippen molar-refractivity contribution in [3.63, 3.8) is 0 Å². The minimum absolute atomic E-state index is 1.14. The second kappa shape index (κ2) is 4.70. The average Bonchev–Trinajstić information content (AvgIpc) is 2.23. The van der Waals surface area contributed by atoms with Crippen molar-refractivity contribution in [2.75, 3.05) is 31.1 Å². The number of rotatable bonds is 1. The molecule has 0 saturated carbocycles. The fourth-order valence-corrected chi connectivity index (χ4v) is 2.29. The van der Waals surface area contributed by atoms with E-state index in [0.717, 1.165) is 26.2 Å². The third-order valence-corrected chi connectivity index (χ3v) is 4.05. The summed E-state index contributed by atoms with van der Waals surface area (Å²) in [5.74, 6) is 0. The highest BCUT2D eigenvalue weighted by Gasteiger charge is 2.15. The van der Waals surface area contributed by atoms with Gasteiger partial charge >= 0.3 is 0 Å². The van der Waals surface area contributed by atoms with Crippen molar-refractivity contribution in [1.82, 2.24) is 3.11 Å². The van der Waals surface area contributed by atoms with E-state index >= 15 is 0 Å². The van der Waals surface area contributed by atoms with Crippen molar-refractivity contribution in [3.05, 3.63) is 29.3 Å². The SMILES string of the molecule is Cc1ccc(N2CCN(I)CC2)cc1C. The first-order valence-electron chi connectivity index (χ1n) is 5.40. The second-order valence-electron chi connectivity index (χ2n) is 4.17. The van der Waals surface area contributed by atoms with Gasteiger partial charge in [0.05, 0.1) is 0 Å². The predicted molar refractivity (Wildman–Crippen MR) is 73.7 cm³/mol. The number of benzene rings is 1. The van der Waals surface area contributed by atoms with Crippen LogP contribution in [0.3, 0.4) is 0 Å². The molecule has 2 nitrogen and oxygen atoms in total. The van der Waals surface area contributed by atoms with Gasteiger partial charge in [-0.05, 0) is 37.1 Å². The van der Waals surface area contributed by atoms with E-state index in [0.29, 0.717) is 0 Å². The molecular formula is C12H17IN2. The van der Waals surface area contributed by atoms with Gasteiger partial charge in [-0.3, -0.25) is 0 Å². The van der Waals surface area contributed by atoms with Gasteiger partial charge in [0.2, 0.25) is 0 Å². The van der Waals surface area contributed by atoms with Crippen LogP contribution in [0, 0.1) is 13.8 Å². The molecule has 1 aromatic carbocycles. The number of aryl methyl sites for hydroxylation is 2. The minimum atomic E-state index is 1.14. The van der Waals surface area contributed by atoms with E-state index in [1.54, 1.807) is 0 Å². The number of piperazine rings is 1. The molecule has 82 valence electrons. The van der Waals surface area contributed by atoms with Crippen LogP contribution < -0.4 is 4.90 Å². The van der Waals surface area contributed by atoms with Gasteiger partial charge in [0.25, 0.3) is 0 Å². The maximum absolute atomic E-state index is 2.47. The highest BCUT2D eigenvalue weighted by atomic mass is 127. The first kappa shape index (κ1) is 11.2. The van der Waals surface area contributed by atoms with Crippen LogP contribution in [0.4, 0.5) is 5.69 Å². The molecule has 1 saturated heterocycles. The Morgan fingerprint density at radius 1 is 1.00 bits per heavy atom. The summed E-state index contributed by atoms with van der Waals surface area (Å²) in [7, 11) is 0. The van der Waals surface area contributed by atoms with Crippen LogP contribution in [-0.2, 0) is 0 Å². The lowest BCUT2D eigenvalue weighted by Gasteiger charge is -2.33. The third kappa shape index (κ3) is 2.64. The molecular weight excluding hydrogens is 299 g/mol. The van der Waals surface area contributed by atoms with Gasteiger partial charge in [-0.15, -0.1) is 0 Å². The number of anilines is 1. The molecule has 15 heavy (non-hydrogen) atoms. The molecule has 0 aliphatic carbocycles. The summed E-state index contributed by atoms with van der Waals surface area (Å²) in [6, 6.07) is 6.77. The van der Waals surface area contributed by atoms with Crippen LogP contribution in [0.2, 0.25) is 0 Å². The van der Waals surface area contributed by atoms with Crippen LogP contribution in [-0.4, -0.2) is 29.3 Å². The zero-order valence-corrected chi connectivity index (χ0v) is 11.5. The molecule has 0 spiro atoms. The number of hydrogen-bond donors (Lipinski definition) is 0. The van der Waals surface area contributed by atoms with Crippen molar-refractivity contribution < 1.29 is 0 Å². The molecule has 1 fully saturated rings.